The fourth-order valence-electron chi connectivity index (χ4n) is 1.80. The largest absolute Gasteiger partial charge is 0.508 e. The third-order valence-corrected chi connectivity index (χ3v) is 2.58. The smallest absolute Gasteiger partial charge is 0.232 e. The SMILES string of the molecule is N=CC(=N)CC1C(=O)Nc2cc(O)ccc21. The minimum Gasteiger partial charge on any atom is -0.508 e. The molecule has 1 atom stereocenters. The number of carbonyl (C=O) groups is 1. The van der Waals surface area contributed by atoms with Gasteiger partial charge in [0.15, 0.2) is 0 Å². The van der Waals surface area contributed by atoms with Crippen LogP contribution >= 0.6 is 0 Å². The molecule has 1 amide bonds. The maximum Gasteiger partial charge on any atom is 0.232 e. The molecule has 0 aliphatic carbocycles. The van der Waals surface area contributed by atoms with Crippen LogP contribution in [-0.2, 0) is 4.79 Å². The topological polar surface area (TPSA) is 97.0 Å². The van der Waals surface area contributed by atoms with Crippen molar-refractivity contribution in [1.29, 1.82) is 10.8 Å². The van der Waals surface area contributed by atoms with Crippen molar-refractivity contribution in [2.75, 3.05) is 5.32 Å². The van der Waals surface area contributed by atoms with Crippen molar-refractivity contribution in [2.24, 2.45) is 0 Å². The minimum atomic E-state index is -0.426. The quantitative estimate of drug-likeness (QED) is 0.577. The van der Waals surface area contributed by atoms with Gasteiger partial charge in [-0.2, -0.15) is 0 Å². The lowest BCUT2D eigenvalue weighted by Crippen LogP contribution is -2.15. The summed E-state index contributed by atoms with van der Waals surface area (Å²) >= 11 is 0. The molecule has 2 rings (SSSR count). The highest BCUT2D eigenvalue weighted by Crippen LogP contribution is 2.36. The fourth-order valence-corrected chi connectivity index (χ4v) is 1.80. The first-order chi connectivity index (χ1) is 7.61. The van der Waals surface area contributed by atoms with E-state index >= 15 is 0 Å². The van der Waals surface area contributed by atoms with E-state index in [-0.39, 0.29) is 23.8 Å². The van der Waals surface area contributed by atoms with Crippen LogP contribution in [0, 0.1) is 10.8 Å². The third-order valence-electron chi connectivity index (χ3n) is 2.58. The summed E-state index contributed by atoms with van der Waals surface area (Å²) in [5.74, 6) is -0.515. The Hall–Kier alpha value is -2.17. The zero-order chi connectivity index (χ0) is 11.7. The highest BCUT2D eigenvalue weighted by atomic mass is 16.3. The first kappa shape index (κ1) is 10.4. The van der Waals surface area contributed by atoms with Gasteiger partial charge in [-0.25, -0.2) is 0 Å². The Balaban J connectivity index is 2.32. The number of fused-ring (bicyclic) bond motifs is 1. The molecule has 4 N–H and O–H groups in total. The molecule has 1 aromatic rings. The monoisotopic (exact) mass is 217 g/mol. The number of rotatable bonds is 3. The van der Waals surface area contributed by atoms with Crippen molar-refractivity contribution in [3.8, 4) is 5.75 Å². The number of amides is 1. The summed E-state index contributed by atoms with van der Waals surface area (Å²) in [4.78, 5) is 11.6. The summed E-state index contributed by atoms with van der Waals surface area (Å²) < 4.78 is 0. The van der Waals surface area contributed by atoms with Crippen LogP contribution in [0.25, 0.3) is 0 Å². The molecule has 1 aromatic carbocycles. The van der Waals surface area contributed by atoms with Gasteiger partial charge in [0.1, 0.15) is 5.75 Å². The van der Waals surface area contributed by atoms with Crippen LogP contribution in [-0.4, -0.2) is 22.9 Å². The van der Waals surface area contributed by atoms with Crippen LogP contribution < -0.4 is 5.32 Å². The normalized spacial score (nSPS) is 17.8. The lowest BCUT2D eigenvalue weighted by Gasteiger charge is -2.06. The van der Waals surface area contributed by atoms with Gasteiger partial charge in [0.2, 0.25) is 5.91 Å². The zero-order valence-electron chi connectivity index (χ0n) is 8.45. The molecular formula is C11H11N3O2. The second-order valence-corrected chi connectivity index (χ2v) is 3.69. The van der Waals surface area contributed by atoms with Gasteiger partial charge in [-0.05, 0) is 11.6 Å². The molecule has 0 saturated heterocycles. The van der Waals surface area contributed by atoms with E-state index in [4.69, 9.17) is 10.8 Å². The van der Waals surface area contributed by atoms with Crippen molar-refractivity contribution in [2.45, 2.75) is 12.3 Å². The number of phenols is 1. The molecule has 0 saturated carbocycles. The van der Waals surface area contributed by atoms with Crippen molar-refractivity contribution in [3.63, 3.8) is 0 Å². The molecular weight excluding hydrogens is 206 g/mol. The number of nitrogens with one attached hydrogen (secondary N) is 3. The van der Waals surface area contributed by atoms with Gasteiger partial charge in [-0.1, -0.05) is 6.07 Å². The Labute approximate surface area is 92.1 Å². The van der Waals surface area contributed by atoms with Gasteiger partial charge in [-0.3, -0.25) is 4.79 Å². The first-order valence-electron chi connectivity index (χ1n) is 4.83. The second kappa shape index (κ2) is 3.77. The molecule has 0 bridgehead atoms. The van der Waals surface area contributed by atoms with Gasteiger partial charge < -0.3 is 21.2 Å². The van der Waals surface area contributed by atoms with Crippen molar-refractivity contribution in [1.82, 2.24) is 0 Å². The second-order valence-electron chi connectivity index (χ2n) is 3.69. The Morgan fingerprint density at radius 1 is 1.56 bits per heavy atom. The average Bonchev–Trinajstić information content (AvgIpc) is 2.54. The molecule has 0 fully saturated rings. The van der Waals surface area contributed by atoms with Gasteiger partial charge in [-0.15, -0.1) is 0 Å². The molecule has 5 heteroatoms. The lowest BCUT2D eigenvalue weighted by molar-refractivity contribution is -0.116. The number of aromatic hydroxyl groups is 1. The summed E-state index contributed by atoms with van der Waals surface area (Å²) in [7, 11) is 0. The van der Waals surface area contributed by atoms with Crippen molar-refractivity contribution >= 4 is 23.5 Å². The Morgan fingerprint density at radius 2 is 2.31 bits per heavy atom. The van der Waals surface area contributed by atoms with Gasteiger partial charge in [0.05, 0.1) is 11.6 Å². The van der Waals surface area contributed by atoms with Crippen LogP contribution in [0.5, 0.6) is 5.75 Å². The van der Waals surface area contributed by atoms with Crippen LogP contribution in [0.3, 0.4) is 0 Å². The summed E-state index contributed by atoms with van der Waals surface area (Å²) in [6.45, 7) is 0. The molecule has 82 valence electrons. The van der Waals surface area contributed by atoms with Crippen LogP contribution in [0.4, 0.5) is 5.69 Å². The molecule has 16 heavy (non-hydrogen) atoms. The average molecular weight is 217 g/mol. The van der Waals surface area contributed by atoms with Crippen LogP contribution in [0.15, 0.2) is 18.2 Å². The molecule has 5 nitrogen and oxygen atoms in total. The fraction of sp³-hybridized carbons (Fsp3) is 0.182. The first-order valence-corrected chi connectivity index (χ1v) is 4.83. The van der Waals surface area contributed by atoms with E-state index in [1.54, 1.807) is 6.07 Å². The maximum atomic E-state index is 11.6. The van der Waals surface area contributed by atoms with Crippen molar-refractivity contribution < 1.29 is 9.90 Å². The number of anilines is 1. The molecule has 0 aromatic heterocycles. The van der Waals surface area contributed by atoms with E-state index in [0.717, 1.165) is 11.8 Å². The summed E-state index contributed by atoms with van der Waals surface area (Å²) in [6.07, 6.45) is 1.15. The predicted molar refractivity (Wildman–Crippen MR) is 60.6 cm³/mol. The summed E-state index contributed by atoms with van der Waals surface area (Å²) in [6, 6.07) is 4.67. The maximum absolute atomic E-state index is 11.6. The molecule has 1 unspecified atom stereocenters. The van der Waals surface area contributed by atoms with E-state index in [9.17, 15) is 9.90 Å². The number of phenolic OH excluding ortho intramolecular Hbond substituents is 1. The van der Waals surface area contributed by atoms with Crippen LogP contribution in [0.2, 0.25) is 0 Å². The Kier molecular flexibility index (Phi) is 2.44. The van der Waals surface area contributed by atoms with Gasteiger partial charge >= 0.3 is 0 Å². The summed E-state index contributed by atoms with van der Waals surface area (Å²) in [5.41, 5.74) is 1.48. The molecule has 1 heterocycles. The van der Waals surface area contributed by atoms with Crippen LogP contribution in [0.1, 0.15) is 17.9 Å². The summed E-state index contributed by atoms with van der Waals surface area (Å²) in [5, 5.41) is 26.3. The molecule has 1 aliphatic heterocycles. The highest BCUT2D eigenvalue weighted by molar-refractivity contribution is 6.29. The Bertz CT molecular complexity index is 482. The van der Waals surface area contributed by atoms with E-state index in [1.165, 1.54) is 12.1 Å². The zero-order valence-corrected chi connectivity index (χ0v) is 8.45. The molecule has 1 aliphatic rings. The predicted octanol–water partition coefficient (Wildman–Crippen LogP) is 1.49. The van der Waals surface area contributed by atoms with E-state index in [2.05, 4.69) is 5.32 Å². The molecule has 0 spiro atoms. The van der Waals surface area contributed by atoms with E-state index in [0.29, 0.717) is 5.69 Å². The lowest BCUT2D eigenvalue weighted by atomic mass is 9.95. The number of carbonyl (C=O) groups excluding carboxylic acids is 1. The number of benzene rings is 1. The van der Waals surface area contributed by atoms with Crippen molar-refractivity contribution in [3.05, 3.63) is 23.8 Å². The van der Waals surface area contributed by atoms with E-state index < -0.39 is 5.92 Å². The number of hydrogen-bond donors (Lipinski definition) is 4. The minimum absolute atomic E-state index is 0.0989. The highest BCUT2D eigenvalue weighted by Gasteiger charge is 2.31. The number of hydrogen-bond acceptors (Lipinski definition) is 4. The van der Waals surface area contributed by atoms with Gasteiger partial charge in [0, 0.05) is 24.4 Å². The standard InChI is InChI=1S/C11H11N3O2/c12-5-6(13)3-9-8-2-1-7(15)4-10(8)14-11(9)16/h1-2,4-5,9,12-13,15H,3H2,(H,14,16). The van der Waals surface area contributed by atoms with Gasteiger partial charge in [0.25, 0.3) is 0 Å². The Morgan fingerprint density at radius 3 is 3.00 bits per heavy atom. The van der Waals surface area contributed by atoms with E-state index in [1.807, 2.05) is 0 Å². The third kappa shape index (κ3) is 1.67. The molecule has 0 radical (unpaired) electrons.